The van der Waals surface area contributed by atoms with Gasteiger partial charge in [0.1, 0.15) is 6.10 Å². The Morgan fingerprint density at radius 1 is 1.40 bits per heavy atom. The Labute approximate surface area is 90.7 Å². The predicted molar refractivity (Wildman–Crippen MR) is 60.7 cm³/mol. The average molecular weight is 206 g/mol. The fraction of sp³-hybridized carbons (Fsp3) is 0.583. The number of hydrogen-bond donors (Lipinski definition) is 1. The number of aromatic nitrogens is 1. The summed E-state index contributed by atoms with van der Waals surface area (Å²) in [7, 11) is 0. The molecule has 1 aliphatic carbocycles. The first-order chi connectivity index (χ1) is 7.25. The molecule has 82 valence electrons. The highest BCUT2D eigenvalue weighted by molar-refractivity contribution is 5.39. The van der Waals surface area contributed by atoms with Crippen molar-refractivity contribution in [2.45, 2.75) is 38.7 Å². The summed E-state index contributed by atoms with van der Waals surface area (Å²) in [5, 5.41) is 0. The maximum Gasteiger partial charge on any atom is 0.215 e. The number of ether oxygens (including phenoxy) is 1. The first-order valence-corrected chi connectivity index (χ1v) is 5.64. The zero-order chi connectivity index (χ0) is 10.7. The van der Waals surface area contributed by atoms with Crippen LogP contribution >= 0.6 is 0 Å². The molecule has 2 unspecified atom stereocenters. The second kappa shape index (κ2) is 4.51. The van der Waals surface area contributed by atoms with Crippen LogP contribution in [0, 0.1) is 5.92 Å². The number of hydrogen-bond acceptors (Lipinski definition) is 3. The lowest BCUT2D eigenvalue weighted by Gasteiger charge is -2.28. The van der Waals surface area contributed by atoms with Crippen LogP contribution in [-0.4, -0.2) is 11.1 Å². The maximum absolute atomic E-state index is 5.86. The van der Waals surface area contributed by atoms with Gasteiger partial charge in [0.25, 0.3) is 0 Å². The van der Waals surface area contributed by atoms with E-state index in [-0.39, 0.29) is 0 Å². The van der Waals surface area contributed by atoms with Crippen molar-refractivity contribution in [3.05, 3.63) is 18.3 Å². The fourth-order valence-corrected chi connectivity index (χ4v) is 2.10. The molecule has 0 aliphatic heterocycles. The summed E-state index contributed by atoms with van der Waals surface area (Å²) < 4.78 is 5.86. The minimum atomic E-state index is 0.313. The minimum Gasteiger partial charge on any atom is -0.474 e. The standard InChI is InChI=1S/C12H18N2O/c1-9-4-2-3-5-11(9)15-12-8-10(13)6-7-14-12/h6-9,11H,2-5H2,1H3,(H2,13,14). The van der Waals surface area contributed by atoms with Gasteiger partial charge >= 0.3 is 0 Å². The van der Waals surface area contributed by atoms with Gasteiger partial charge in [0.05, 0.1) is 0 Å². The van der Waals surface area contributed by atoms with Crippen molar-refractivity contribution >= 4 is 5.69 Å². The van der Waals surface area contributed by atoms with Crippen LogP contribution in [0.1, 0.15) is 32.6 Å². The molecule has 2 atom stereocenters. The fourth-order valence-electron chi connectivity index (χ4n) is 2.10. The van der Waals surface area contributed by atoms with E-state index in [9.17, 15) is 0 Å². The van der Waals surface area contributed by atoms with E-state index in [4.69, 9.17) is 10.5 Å². The van der Waals surface area contributed by atoms with E-state index in [0.29, 0.717) is 23.6 Å². The lowest BCUT2D eigenvalue weighted by atomic mass is 9.88. The molecule has 0 aromatic carbocycles. The molecule has 0 saturated heterocycles. The SMILES string of the molecule is CC1CCCCC1Oc1cc(N)ccn1. The second-order valence-electron chi connectivity index (χ2n) is 4.35. The zero-order valence-corrected chi connectivity index (χ0v) is 9.15. The number of anilines is 1. The molecule has 0 bridgehead atoms. The topological polar surface area (TPSA) is 48.1 Å². The highest BCUT2D eigenvalue weighted by Crippen LogP contribution is 2.27. The first-order valence-electron chi connectivity index (χ1n) is 5.64. The number of pyridine rings is 1. The molecular formula is C12H18N2O. The quantitative estimate of drug-likeness (QED) is 0.809. The van der Waals surface area contributed by atoms with Gasteiger partial charge in [-0.25, -0.2) is 4.98 Å². The molecule has 1 saturated carbocycles. The van der Waals surface area contributed by atoms with Crippen molar-refractivity contribution in [1.82, 2.24) is 4.98 Å². The van der Waals surface area contributed by atoms with Gasteiger partial charge in [0, 0.05) is 18.0 Å². The number of nitrogens with zero attached hydrogens (tertiary/aromatic N) is 1. The highest BCUT2D eigenvalue weighted by atomic mass is 16.5. The molecule has 1 aliphatic rings. The molecule has 1 fully saturated rings. The molecule has 2 rings (SSSR count). The van der Waals surface area contributed by atoms with Crippen LogP contribution in [0.25, 0.3) is 0 Å². The molecule has 1 aromatic heterocycles. The largest absolute Gasteiger partial charge is 0.474 e. The molecule has 0 amide bonds. The average Bonchev–Trinajstić information content (AvgIpc) is 2.22. The van der Waals surface area contributed by atoms with Crippen LogP contribution in [0.3, 0.4) is 0 Å². The highest BCUT2D eigenvalue weighted by Gasteiger charge is 2.23. The summed E-state index contributed by atoms with van der Waals surface area (Å²) in [6.45, 7) is 2.25. The van der Waals surface area contributed by atoms with Crippen LogP contribution in [0.2, 0.25) is 0 Å². The van der Waals surface area contributed by atoms with E-state index in [1.165, 1.54) is 19.3 Å². The van der Waals surface area contributed by atoms with Crippen molar-refractivity contribution in [3.63, 3.8) is 0 Å². The third-order valence-electron chi connectivity index (χ3n) is 3.06. The molecule has 0 spiro atoms. The first kappa shape index (κ1) is 10.3. The zero-order valence-electron chi connectivity index (χ0n) is 9.15. The van der Waals surface area contributed by atoms with Gasteiger partial charge in [-0.15, -0.1) is 0 Å². The Morgan fingerprint density at radius 2 is 2.20 bits per heavy atom. The summed E-state index contributed by atoms with van der Waals surface area (Å²) in [5.41, 5.74) is 6.39. The van der Waals surface area contributed by atoms with Crippen molar-refractivity contribution in [1.29, 1.82) is 0 Å². The second-order valence-corrected chi connectivity index (χ2v) is 4.35. The van der Waals surface area contributed by atoms with E-state index in [1.54, 1.807) is 18.3 Å². The van der Waals surface area contributed by atoms with Crippen LogP contribution in [0.4, 0.5) is 5.69 Å². The Balaban J connectivity index is 2.01. The van der Waals surface area contributed by atoms with Crippen molar-refractivity contribution in [2.75, 3.05) is 5.73 Å². The summed E-state index contributed by atoms with van der Waals surface area (Å²) in [5.74, 6) is 1.29. The molecule has 15 heavy (non-hydrogen) atoms. The van der Waals surface area contributed by atoms with Gasteiger partial charge < -0.3 is 10.5 Å². The number of nitrogen functional groups attached to an aromatic ring is 1. The van der Waals surface area contributed by atoms with Gasteiger partial charge in [-0.3, -0.25) is 0 Å². The molecule has 0 radical (unpaired) electrons. The van der Waals surface area contributed by atoms with Gasteiger partial charge in [0.15, 0.2) is 0 Å². The van der Waals surface area contributed by atoms with Gasteiger partial charge in [-0.1, -0.05) is 13.3 Å². The maximum atomic E-state index is 5.86. The van der Waals surface area contributed by atoms with E-state index in [2.05, 4.69) is 11.9 Å². The van der Waals surface area contributed by atoms with Crippen LogP contribution in [0.15, 0.2) is 18.3 Å². The third-order valence-corrected chi connectivity index (χ3v) is 3.06. The molecule has 1 heterocycles. The molecule has 3 nitrogen and oxygen atoms in total. The van der Waals surface area contributed by atoms with E-state index >= 15 is 0 Å². The predicted octanol–water partition coefficient (Wildman–Crippen LogP) is 2.62. The Morgan fingerprint density at radius 3 is 2.93 bits per heavy atom. The lowest BCUT2D eigenvalue weighted by Crippen LogP contribution is -2.28. The normalized spacial score (nSPS) is 26.2. The Hall–Kier alpha value is -1.25. The number of rotatable bonds is 2. The Bertz CT molecular complexity index is 327. The van der Waals surface area contributed by atoms with Gasteiger partial charge in [0.2, 0.25) is 5.88 Å². The van der Waals surface area contributed by atoms with Crippen LogP contribution in [0.5, 0.6) is 5.88 Å². The molecule has 3 heteroatoms. The van der Waals surface area contributed by atoms with Crippen molar-refractivity contribution in [3.8, 4) is 5.88 Å². The molecule has 1 aromatic rings. The van der Waals surface area contributed by atoms with Crippen molar-refractivity contribution in [2.24, 2.45) is 5.92 Å². The van der Waals surface area contributed by atoms with Gasteiger partial charge in [-0.05, 0) is 31.2 Å². The van der Waals surface area contributed by atoms with E-state index in [1.807, 2.05) is 0 Å². The smallest absolute Gasteiger partial charge is 0.215 e. The summed E-state index contributed by atoms with van der Waals surface area (Å²) in [6.07, 6.45) is 6.99. The Kier molecular flexibility index (Phi) is 3.09. The van der Waals surface area contributed by atoms with Gasteiger partial charge in [-0.2, -0.15) is 0 Å². The van der Waals surface area contributed by atoms with Crippen LogP contribution in [-0.2, 0) is 0 Å². The van der Waals surface area contributed by atoms with E-state index < -0.39 is 0 Å². The molecule has 2 N–H and O–H groups in total. The summed E-state index contributed by atoms with van der Waals surface area (Å²) >= 11 is 0. The van der Waals surface area contributed by atoms with Crippen molar-refractivity contribution < 1.29 is 4.74 Å². The number of nitrogens with two attached hydrogens (primary N) is 1. The minimum absolute atomic E-state index is 0.313. The van der Waals surface area contributed by atoms with Crippen LogP contribution < -0.4 is 10.5 Å². The monoisotopic (exact) mass is 206 g/mol. The summed E-state index contributed by atoms with van der Waals surface area (Å²) in [6, 6.07) is 3.57. The lowest BCUT2D eigenvalue weighted by molar-refractivity contribution is 0.0977. The summed E-state index contributed by atoms with van der Waals surface area (Å²) in [4.78, 5) is 4.17. The molecular weight excluding hydrogens is 188 g/mol. The third kappa shape index (κ3) is 2.61. The van der Waals surface area contributed by atoms with E-state index in [0.717, 1.165) is 6.42 Å².